The number of carbonyl (C=O) groups excluding carboxylic acids is 3. The largest absolute Gasteiger partial charge is 0.427 e. The molecule has 0 spiro atoms. The Kier molecular flexibility index (Phi) is 7.06. The highest BCUT2D eigenvalue weighted by Crippen LogP contribution is 2.46. The molecule has 0 saturated heterocycles. The Morgan fingerprint density at radius 2 is 0.750 bits per heavy atom. The van der Waals surface area contributed by atoms with Crippen LogP contribution in [0.4, 0.5) is 0 Å². The van der Waals surface area contributed by atoms with Gasteiger partial charge in [0.05, 0.1) is 5.16 Å². The Labute approximate surface area is 188 Å². The van der Waals surface area contributed by atoms with E-state index >= 15 is 0 Å². The number of hydrogen-bond donors (Lipinski definition) is 0. The average Bonchev–Trinajstić information content (AvgIpc) is 2.73. The van der Waals surface area contributed by atoms with Crippen LogP contribution in [0.3, 0.4) is 0 Å². The van der Waals surface area contributed by atoms with E-state index in [2.05, 4.69) is 9.24 Å². The lowest BCUT2D eigenvalue weighted by Crippen LogP contribution is -2.21. The molecule has 0 aliphatic rings. The van der Waals surface area contributed by atoms with Crippen LogP contribution in [0.5, 0.6) is 17.2 Å². The third-order valence-corrected chi connectivity index (χ3v) is 5.71. The van der Waals surface area contributed by atoms with Crippen molar-refractivity contribution in [1.29, 1.82) is 0 Å². The molecule has 1 unspecified atom stereocenters. The van der Waals surface area contributed by atoms with Crippen molar-refractivity contribution in [1.82, 2.24) is 0 Å². The molecule has 6 nitrogen and oxygen atoms in total. The summed E-state index contributed by atoms with van der Waals surface area (Å²) in [5, 5.41) is -0.682. The molecule has 0 saturated carbocycles. The molecule has 1 atom stereocenters. The first-order valence-corrected chi connectivity index (χ1v) is 10.4. The Hall–Kier alpha value is -3.50. The van der Waals surface area contributed by atoms with Crippen LogP contribution in [0, 0.1) is 0 Å². The molecule has 0 radical (unpaired) electrons. The van der Waals surface area contributed by atoms with E-state index in [1.807, 2.05) is 36.4 Å². The molecule has 0 aliphatic heterocycles. The maximum atomic E-state index is 11.3. The molecule has 32 heavy (non-hydrogen) atoms. The smallest absolute Gasteiger partial charge is 0.308 e. The zero-order valence-corrected chi connectivity index (χ0v) is 19.1. The van der Waals surface area contributed by atoms with E-state index in [-0.39, 0.29) is 0 Å². The molecule has 164 valence electrons. The van der Waals surface area contributed by atoms with Crippen molar-refractivity contribution in [2.24, 2.45) is 0 Å². The zero-order chi connectivity index (χ0) is 23.3. The molecular formula is C25H23O6P. The predicted octanol–water partition coefficient (Wildman–Crippen LogP) is 4.63. The second-order valence-electron chi connectivity index (χ2n) is 7.16. The van der Waals surface area contributed by atoms with Gasteiger partial charge >= 0.3 is 17.9 Å². The first-order chi connectivity index (χ1) is 15.2. The van der Waals surface area contributed by atoms with Gasteiger partial charge in [0.2, 0.25) is 0 Å². The van der Waals surface area contributed by atoms with E-state index in [0.717, 1.165) is 16.7 Å². The van der Waals surface area contributed by atoms with Crippen LogP contribution in [0.15, 0.2) is 72.8 Å². The van der Waals surface area contributed by atoms with Crippen molar-refractivity contribution < 1.29 is 28.6 Å². The van der Waals surface area contributed by atoms with Crippen molar-refractivity contribution in [3.8, 4) is 17.2 Å². The molecule has 0 N–H and O–H groups in total. The quantitative estimate of drug-likeness (QED) is 0.236. The predicted molar refractivity (Wildman–Crippen MR) is 123 cm³/mol. The standard InChI is InChI=1S/C25H23O6P/c1-16(26)29-22-10-4-19(5-11-22)25(32,20-6-12-23(13-7-20)30-17(2)27)21-8-14-24(15-9-21)31-18(3)28/h4-15H,32H2,1-3H3. The van der Waals surface area contributed by atoms with Crippen LogP contribution in [0.2, 0.25) is 0 Å². The van der Waals surface area contributed by atoms with Crippen molar-refractivity contribution in [2.75, 3.05) is 0 Å². The van der Waals surface area contributed by atoms with Crippen LogP contribution >= 0.6 is 9.24 Å². The lowest BCUT2D eigenvalue weighted by molar-refractivity contribution is -0.132. The summed E-state index contributed by atoms with van der Waals surface area (Å²) in [7, 11) is 2.89. The molecule has 0 aromatic heterocycles. The summed E-state index contributed by atoms with van der Waals surface area (Å²) >= 11 is 0. The van der Waals surface area contributed by atoms with Gasteiger partial charge in [-0.1, -0.05) is 36.4 Å². The zero-order valence-electron chi connectivity index (χ0n) is 18.0. The number of esters is 3. The highest BCUT2D eigenvalue weighted by Gasteiger charge is 2.32. The van der Waals surface area contributed by atoms with E-state index < -0.39 is 23.1 Å². The molecular weight excluding hydrogens is 427 g/mol. The Balaban J connectivity index is 2.07. The molecule has 3 aromatic carbocycles. The van der Waals surface area contributed by atoms with E-state index in [1.165, 1.54) is 20.8 Å². The Bertz CT molecular complexity index is 974. The minimum absolute atomic E-state index is 0.392. The number of benzene rings is 3. The van der Waals surface area contributed by atoms with Gasteiger partial charge in [-0.25, -0.2) is 0 Å². The second kappa shape index (κ2) is 9.75. The van der Waals surface area contributed by atoms with Crippen molar-refractivity contribution in [3.63, 3.8) is 0 Å². The van der Waals surface area contributed by atoms with Crippen molar-refractivity contribution >= 4 is 27.1 Å². The number of carbonyl (C=O) groups is 3. The molecule has 3 aromatic rings. The molecule has 0 heterocycles. The van der Waals surface area contributed by atoms with Crippen molar-refractivity contribution in [2.45, 2.75) is 25.9 Å². The fourth-order valence-corrected chi connectivity index (χ4v) is 3.93. The minimum Gasteiger partial charge on any atom is -0.427 e. The van der Waals surface area contributed by atoms with Gasteiger partial charge in [-0.2, -0.15) is 0 Å². The lowest BCUT2D eigenvalue weighted by atomic mass is 9.84. The maximum Gasteiger partial charge on any atom is 0.308 e. The van der Waals surface area contributed by atoms with Gasteiger partial charge in [0.25, 0.3) is 0 Å². The summed E-state index contributed by atoms with van der Waals surface area (Å²) < 4.78 is 15.5. The van der Waals surface area contributed by atoms with Gasteiger partial charge in [0.15, 0.2) is 0 Å². The summed E-state index contributed by atoms with van der Waals surface area (Å²) in [5.41, 5.74) is 2.75. The third kappa shape index (κ3) is 5.40. The van der Waals surface area contributed by atoms with Gasteiger partial charge in [-0.3, -0.25) is 14.4 Å². The minimum atomic E-state index is -0.682. The van der Waals surface area contributed by atoms with Gasteiger partial charge < -0.3 is 14.2 Å². The summed E-state index contributed by atoms with van der Waals surface area (Å²) in [6.07, 6.45) is 0. The highest BCUT2D eigenvalue weighted by molar-refractivity contribution is 7.19. The molecule has 3 rings (SSSR count). The van der Waals surface area contributed by atoms with Gasteiger partial charge in [-0.15, -0.1) is 9.24 Å². The van der Waals surface area contributed by atoms with Gasteiger partial charge in [-0.05, 0) is 53.1 Å². The molecule has 0 bridgehead atoms. The van der Waals surface area contributed by atoms with Crippen LogP contribution < -0.4 is 14.2 Å². The average molecular weight is 450 g/mol. The number of ether oxygens (including phenoxy) is 3. The normalized spacial score (nSPS) is 10.9. The van der Waals surface area contributed by atoms with Crippen molar-refractivity contribution in [3.05, 3.63) is 89.5 Å². The lowest BCUT2D eigenvalue weighted by Gasteiger charge is -2.32. The number of rotatable bonds is 6. The third-order valence-electron chi connectivity index (χ3n) is 4.71. The van der Waals surface area contributed by atoms with Crippen LogP contribution in [0.1, 0.15) is 37.5 Å². The molecule has 0 amide bonds. The monoisotopic (exact) mass is 450 g/mol. The summed E-state index contributed by atoms with van der Waals surface area (Å²) in [6, 6.07) is 21.7. The second-order valence-corrected chi connectivity index (χ2v) is 8.03. The topological polar surface area (TPSA) is 78.9 Å². The molecule has 7 heteroatoms. The molecule has 0 fully saturated rings. The first kappa shape index (κ1) is 23.2. The Morgan fingerprint density at radius 3 is 0.938 bits per heavy atom. The molecule has 0 aliphatic carbocycles. The summed E-state index contributed by atoms with van der Waals surface area (Å²) in [6.45, 7) is 4.05. The van der Waals surface area contributed by atoms with Crippen LogP contribution in [-0.4, -0.2) is 17.9 Å². The van der Waals surface area contributed by atoms with Crippen LogP contribution in [-0.2, 0) is 19.5 Å². The first-order valence-electron chi connectivity index (χ1n) is 9.84. The van der Waals surface area contributed by atoms with Gasteiger partial charge in [0.1, 0.15) is 17.2 Å². The number of hydrogen-bond acceptors (Lipinski definition) is 6. The summed E-state index contributed by atoms with van der Waals surface area (Å²) in [4.78, 5) is 33.8. The van der Waals surface area contributed by atoms with Gasteiger partial charge in [0, 0.05) is 20.8 Å². The van der Waals surface area contributed by atoms with E-state index in [0.29, 0.717) is 17.2 Å². The SMILES string of the molecule is CC(=O)Oc1ccc(C(P)(c2ccc(OC(C)=O)cc2)c2ccc(OC(C)=O)cc2)cc1. The van der Waals surface area contributed by atoms with Crippen LogP contribution in [0.25, 0.3) is 0 Å². The Morgan fingerprint density at radius 1 is 0.531 bits per heavy atom. The maximum absolute atomic E-state index is 11.3. The highest BCUT2D eigenvalue weighted by atomic mass is 31.0. The van der Waals surface area contributed by atoms with E-state index in [9.17, 15) is 14.4 Å². The summed E-state index contributed by atoms with van der Waals surface area (Å²) in [5.74, 6) is 0.169. The fourth-order valence-electron chi connectivity index (χ4n) is 3.36. The fraction of sp³-hybridized carbons (Fsp3) is 0.160. The van der Waals surface area contributed by atoms with E-state index in [1.54, 1.807) is 36.4 Å². The van der Waals surface area contributed by atoms with E-state index in [4.69, 9.17) is 14.2 Å².